The number of rotatable bonds is 6. The molecule has 2 unspecified atom stereocenters. The molecule has 5 heteroatoms. The predicted molar refractivity (Wildman–Crippen MR) is 76.9 cm³/mol. The van der Waals surface area contributed by atoms with Crippen molar-refractivity contribution < 1.29 is 0 Å². The van der Waals surface area contributed by atoms with Gasteiger partial charge in [0.1, 0.15) is 12.1 Å². The Kier molecular flexibility index (Phi) is 4.35. The second-order valence-electron chi connectivity index (χ2n) is 5.21. The van der Waals surface area contributed by atoms with Crippen molar-refractivity contribution in [3.63, 3.8) is 0 Å². The monoisotopic (exact) mass is 261 g/mol. The number of hydrogen-bond acceptors (Lipinski definition) is 4. The summed E-state index contributed by atoms with van der Waals surface area (Å²) >= 11 is 0. The zero-order valence-corrected chi connectivity index (χ0v) is 12.0. The molecule has 0 spiro atoms. The fourth-order valence-electron chi connectivity index (χ4n) is 2.67. The van der Waals surface area contributed by atoms with Gasteiger partial charge in [0, 0.05) is 12.0 Å². The van der Waals surface area contributed by atoms with Crippen LogP contribution in [0.4, 0.5) is 5.82 Å². The molecule has 0 aliphatic carbocycles. The summed E-state index contributed by atoms with van der Waals surface area (Å²) in [4.78, 5) is 8.74. The Morgan fingerprint density at radius 2 is 2.16 bits per heavy atom. The third-order valence-electron chi connectivity index (χ3n) is 3.82. The van der Waals surface area contributed by atoms with E-state index in [1.165, 1.54) is 25.6 Å². The van der Waals surface area contributed by atoms with Gasteiger partial charge >= 0.3 is 0 Å². The first kappa shape index (κ1) is 13.8. The van der Waals surface area contributed by atoms with Gasteiger partial charge < -0.3 is 5.73 Å². The van der Waals surface area contributed by atoms with E-state index in [2.05, 4.69) is 35.8 Å². The molecule has 19 heavy (non-hydrogen) atoms. The summed E-state index contributed by atoms with van der Waals surface area (Å²) in [6.45, 7) is 6.74. The largest absolute Gasteiger partial charge is 0.383 e. The van der Waals surface area contributed by atoms with Crippen molar-refractivity contribution in [2.24, 2.45) is 5.92 Å². The zero-order valence-electron chi connectivity index (χ0n) is 12.0. The lowest BCUT2D eigenvalue weighted by Crippen LogP contribution is -2.13. The fourth-order valence-corrected chi connectivity index (χ4v) is 2.67. The Labute approximate surface area is 114 Å². The van der Waals surface area contributed by atoms with Crippen molar-refractivity contribution in [3.05, 3.63) is 18.1 Å². The molecule has 0 saturated carbocycles. The minimum absolute atomic E-state index is 0.440. The minimum atomic E-state index is 0.440. The molecule has 0 radical (unpaired) electrons. The maximum atomic E-state index is 6.01. The van der Waals surface area contributed by atoms with E-state index in [9.17, 15) is 0 Å². The van der Waals surface area contributed by atoms with Crippen LogP contribution >= 0.6 is 0 Å². The molecule has 2 aromatic rings. The van der Waals surface area contributed by atoms with Gasteiger partial charge in [0.25, 0.3) is 5.78 Å². The molecule has 2 N–H and O–H groups in total. The van der Waals surface area contributed by atoms with Crippen LogP contribution in [-0.4, -0.2) is 19.6 Å². The van der Waals surface area contributed by atoms with Crippen molar-refractivity contribution >= 4 is 11.6 Å². The lowest BCUT2D eigenvalue weighted by atomic mass is 9.85. The van der Waals surface area contributed by atoms with Gasteiger partial charge in [-0.2, -0.15) is 14.6 Å². The first-order valence-electron chi connectivity index (χ1n) is 7.13. The number of hydrogen-bond donors (Lipinski definition) is 1. The maximum Gasteiger partial charge on any atom is 0.254 e. The number of nitrogen functional groups attached to an aromatic ring is 1. The molecule has 0 saturated heterocycles. The average molecular weight is 261 g/mol. The first-order valence-corrected chi connectivity index (χ1v) is 7.13. The SMILES string of the molecule is CCCCC(C)C(CC)c1cc(N)n2ncnc2n1. The molecular weight excluding hydrogens is 238 g/mol. The Morgan fingerprint density at radius 1 is 1.37 bits per heavy atom. The quantitative estimate of drug-likeness (QED) is 0.867. The lowest BCUT2D eigenvalue weighted by molar-refractivity contribution is 0.399. The summed E-state index contributed by atoms with van der Waals surface area (Å²) in [5, 5.41) is 4.06. The number of anilines is 1. The standard InChI is InChI=1S/C14H23N5/c1-4-6-7-10(3)11(5-2)12-8-13(15)19-14(18-12)16-9-17-19/h8-11H,4-7,15H2,1-3H3. The van der Waals surface area contributed by atoms with Gasteiger partial charge in [0.15, 0.2) is 0 Å². The van der Waals surface area contributed by atoms with Crippen LogP contribution in [0.2, 0.25) is 0 Å². The molecule has 104 valence electrons. The Balaban J connectivity index is 2.29. The van der Waals surface area contributed by atoms with Crippen LogP contribution in [0.25, 0.3) is 5.78 Å². The highest BCUT2D eigenvalue weighted by molar-refractivity contribution is 5.42. The van der Waals surface area contributed by atoms with E-state index >= 15 is 0 Å². The van der Waals surface area contributed by atoms with Gasteiger partial charge in [-0.05, 0) is 12.3 Å². The van der Waals surface area contributed by atoms with Gasteiger partial charge in [0.2, 0.25) is 0 Å². The maximum absolute atomic E-state index is 6.01. The third-order valence-corrected chi connectivity index (χ3v) is 3.82. The Hall–Kier alpha value is -1.65. The van der Waals surface area contributed by atoms with Crippen molar-refractivity contribution in [2.45, 2.75) is 52.4 Å². The van der Waals surface area contributed by atoms with E-state index in [1.54, 1.807) is 4.52 Å². The zero-order chi connectivity index (χ0) is 13.8. The van der Waals surface area contributed by atoms with E-state index in [4.69, 9.17) is 5.73 Å². The number of unbranched alkanes of at least 4 members (excludes halogenated alkanes) is 1. The summed E-state index contributed by atoms with van der Waals surface area (Å²) in [5.41, 5.74) is 7.06. The Bertz CT molecular complexity index is 534. The molecule has 0 aliphatic heterocycles. The number of aromatic nitrogens is 4. The highest BCUT2D eigenvalue weighted by atomic mass is 15.3. The average Bonchev–Trinajstić information content (AvgIpc) is 2.86. The second-order valence-corrected chi connectivity index (χ2v) is 5.21. The molecule has 5 nitrogen and oxygen atoms in total. The summed E-state index contributed by atoms with van der Waals surface area (Å²) in [6.07, 6.45) is 6.29. The number of nitrogens with two attached hydrogens (primary N) is 1. The van der Waals surface area contributed by atoms with Gasteiger partial charge in [-0.3, -0.25) is 0 Å². The highest BCUT2D eigenvalue weighted by Gasteiger charge is 2.20. The van der Waals surface area contributed by atoms with Gasteiger partial charge in [0.05, 0.1) is 5.69 Å². The van der Waals surface area contributed by atoms with Crippen molar-refractivity contribution in [3.8, 4) is 0 Å². The van der Waals surface area contributed by atoms with E-state index in [-0.39, 0.29) is 0 Å². The van der Waals surface area contributed by atoms with Gasteiger partial charge in [-0.15, -0.1) is 0 Å². The predicted octanol–water partition coefficient (Wildman–Crippen LogP) is 3.03. The molecule has 2 aromatic heterocycles. The molecular formula is C14H23N5. The Morgan fingerprint density at radius 3 is 2.84 bits per heavy atom. The summed E-state index contributed by atoms with van der Waals surface area (Å²) in [5.74, 6) is 2.26. The van der Waals surface area contributed by atoms with Crippen LogP contribution in [-0.2, 0) is 0 Å². The molecule has 0 aliphatic rings. The smallest absolute Gasteiger partial charge is 0.254 e. The topological polar surface area (TPSA) is 69.1 Å². The van der Waals surface area contributed by atoms with E-state index in [0.717, 1.165) is 12.1 Å². The molecule has 0 fully saturated rings. The van der Waals surface area contributed by atoms with Crippen LogP contribution in [0.5, 0.6) is 0 Å². The minimum Gasteiger partial charge on any atom is -0.383 e. The summed E-state index contributed by atoms with van der Waals surface area (Å²) in [6, 6.07) is 1.94. The third kappa shape index (κ3) is 2.85. The molecule has 2 heterocycles. The van der Waals surface area contributed by atoms with Gasteiger partial charge in [-0.25, -0.2) is 4.98 Å². The number of nitrogens with zero attached hydrogens (tertiary/aromatic N) is 4. The molecule has 2 atom stereocenters. The molecule has 0 amide bonds. The van der Waals surface area contributed by atoms with Crippen LogP contribution in [0.3, 0.4) is 0 Å². The number of fused-ring (bicyclic) bond motifs is 1. The normalized spacial score (nSPS) is 14.7. The van der Waals surface area contributed by atoms with Crippen molar-refractivity contribution in [1.82, 2.24) is 19.6 Å². The molecule has 0 bridgehead atoms. The van der Waals surface area contributed by atoms with Crippen molar-refractivity contribution in [2.75, 3.05) is 5.73 Å². The molecule has 2 rings (SSSR count). The van der Waals surface area contributed by atoms with Crippen molar-refractivity contribution in [1.29, 1.82) is 0 Å². The summed E-state index contributed by atoms with van der Waals surface area (Å²) in [7, 11) is 0. The molecule has 0 aromatic carbocycles. The van der Waals surface area contributed by atoms with Crippen LogP contribution in [0.15, 0.2) is 12.4 Å². The van der Waals surface area contributed by atoms with E-state index < -0.39 is 0 Å². The highest BCUT2D eigenvalue weighted by Crippen LogP contribution is 2.31. The van der Waals surface area contributed by atoms with E-state index in [0.29, 0.717) is 23.4 Å². The van der Waals surface area contributed by atoms with Gasteiger partial charge in [-0.1, -0.05) is 40.0 Å². The van der Waals surface area contributed by atoms with Crippen LogP contribution in [0, 0.1) is 5.92 Å². The first-order chi connectivity index (χ1) is 9.17. The van der Waals surface area contributed by atoms with Crippen LogP contribution < -0.4 is 5.73 Å². The van der Waals surface area contributed by atoms with E-state index in [1.807, 2.05) is 6.07 Å². The summed E-state index contributed by atoms with van der Waals surface area (Å²) < 4.78 is 1.58. The fraction of sp³-hybridized carbons (Fsp3) is 0.643. The lowest BCUT2D eigenvalue weighted by Gasteiger charge is -2.22. The second kappa shape index (κ2) is 5.99. The van der Waals surface area contributed by atoms with Crippen LogP contribution in [0.1, 0.15) is 58.1 Å².